The van der Waals surface area contributed by atoms with E-state index in [-0.39, 0.29) is 16.6 Å². The molecule has 0 bridgehead atoms. The molecule has 3 aromatic rings. The van der Waals surface area contributed by atoms with Gasteiger partial charge in [0.1, 0.15) is 0 Å². The van der Waals surface area contributed by atoms with Gasteiger partial charge in [0, 0.05) is 11.4 Å². The van der Waals surface area contributed by atoms with Crippen LogP contribution in [0.3, 0.4) is 0 Å². The van der Waals surface area contributed by atoms with Crippen LogP contribution in [0.1, 0.15) is 16.7 Å². The molecule has 1 amide bonds. The number of aryl methyl sites for hydroxylation is 2. The summed E-state index contributed by atoms with van der Waals surface area (Å²) >= 11 is 13.3. The van der Waals surface area contributed by atoms with E-state index < -0.39 is 10.0 Å². The monoisotopic (exact) mass is 508 g/mol. The second-order valence-electron chi connectivity index (χ2n) is 7.24. The molecule has 168 valence electrons. The third-order valence-electron chi connectivity index (χ3n) is 4.56. The number of benzene rings is 3. The molecule has 0 radical (unpaired) electrons. The summed E-state index contributed by atoms with van der Waals surface area (Å²) in [4.78, 5) is 12.3. The van der Waals surface area contributed by atoms with Crippen molar-refractivity contribution in [3.63, 3.8) is 0 Å². The lowest BCUT2D eigenvalue weighted by atomic mass is 10.1. The van der Waals surface area contributed by atoms with Gasteiger partial charge in [0.15, 0.2) is 0 Å². The molecule has 0 atom stereocenters. The molecule has 9 heteroatoms. The average molecular weight is 509 g/mol. The van der Waals surface area contributed by atoms with Crippen LogP contribution in [0, 0.1) is 13.8 Å². The topological polar surface area (TPSA) is 75.3 Å². The highest BCUT2D eigenvalue weighted by atomic mass is 35.5. The highest BCUT2D eigenvalue weighted by Crippen LogP contribution is 2.25. The van der Waals surface area contributed by atoms with Gasteiger partial charge in [-0.15, -0.1) is 11.8 Å². The van der Waals surface area contributed by atoms with Crippen molar-refractivity contribution in [3.05, 3.63) is 87.4 Å². The number of sulfonamides is 1. The minimum Gasteiger partial charge on any atom is -0.325 e. The average Bonchev–Trinajstić information content (AvgIpc) is 2.73. The van der Waals surface area contributed by atoms with Gasteiger partial charge in [0.25, 0.3) is 10.0 Å². The van der Waals surface area contributed by atoms with E-state index in [1.807, 2.05) is 32.0 Å². The number of nitrogens with one attached hydrogen (secondary N) is 2. The molecule has 0 saturated heterocycles. The molecule has 0 aliphatic carbocycles. The maximum atomic E-state index is 12.7. The first-order valence-corrected chi connectivity index (χ1v) is 13.0. The Balaban J connectivity index is 1.55. The molecule has 3 aromatic carbocycles. The molecule has 0 aromatic heterocycles. The summed E-state index contributed by atoms with van der Waals surface area (Å²) in [5, 5.41) is 3.75. The molecule has 32 heavy (non-hydrogen) atoms. The summed E-state index contributed by atoms with van der Waals surface area (Å²) in [5.74, 6) is 0.680. The van der Waals surface area contributed by atoms with Gasteiger partial charge in [-0.2, -0.15) is 0 Å². The van der Waals surface area contributed by atoms with Crippen LogP contribution in [0.2, 0.25) is 10.0 Å². The van der Waals surface area contributed by atoms with Crippen LogP contribution in [-0.4, -0.2) is 20.1 Å². The Morgan fingerprint density at radius 1 is 0.938 bits per heavy atom. The van der Waals surface area contributed by atoms with Crippen LogP contribution in [0.5, 0.6) is 0 Å². The molecule has 0 unspecified atom stereocenters. The van der Waals surface area contributed by atoms with Gasteiger partial charge >= 0.3 is 0 Å². The SMILES string of the molecule is Cc1ccc(NS(=O)(=O)c2ccc(NC(=O)CSCc3ccc(Cl)c(Cl)c3)cc2)c(C)c1. The second-order valence-corrected chi connectivity index (χ2v) is 10.7. The maximum absolute atomic E-state index is 12.7. The van der Waals surface area contributed by atoms with Crippen molar-refractivity contribution in [1.29, 1.82) is 0 Å². The first kappa shape index (κ1) is 24.5. The van der Waals surface area contributed by atoms with Gasteiger partial charge in [-0.05, 0) is 67.4 Å². The zero-order valence-electron chi connectivity index (χ0n) is 17.5. The Kier molecular flexibility index (Phi) is 8.11. The van der Waals surface area contributed by atoms with Gasteiger partial charge in [0.05, 0.1) is 26.4 Å². The number of anilines is 2. The summed E-state index contributed by atoms with van der Waals surface area (Å²) in [6.07, 6.45) is 0. The van der Waals surface area contributed by atoms with Crippen LogP contribution >= 0.6 is 35.0 Å². The highest BCUT2D eigenvalue weighted by Gasteiger charge is 2.15. The summed E-state index contributed by atoms with van der Waals surface area (Å²) in [6, 6.07) is 16.9. The van der Waals surface area contributed by atoms with Crippen molar-refractivity contribution in [2.24, 2.45) is 0 Å². The quantitative estimate of drug-likeness (QED) is 0.375. The fourth-order valence-electron chi connectivity index (χ4n) is 2.94. The van der Waals surface area contributed by atoms with E-state index in [0.29, 0.717) is 27.2 Å². The zero-order valence-corrected chi connectivity index (χ0v) is 20.6. The van der Waals surface area contributed by atoms with E-state index in [2.05, 4.69) is 10.0 Å². The molecule has 0 aliphatic rings. The molecular weight excluding hydrogens is 487 g/mol. The fourth-order valence-corrected chi connectivity index (χ4v) is 5.16. The lowest BCUT2D eigenvalue weighted by Gasteiger charge is -2.12. The van der Waals surface area contributed by atoms with Gasteiger partial charge in [-0.25, -0.2) is 8.42 Å². The van der Waals surface area contributed by atoms with Crippen molar-refractivity contribution >= 4 is 62.3 Å². The second kappa shape index (κ2) is 10.6. The third kappa shape index (κ3) is 6.65. The third-order valence-corrected chi connectivity index (χ3v) is 7.68. The molecule has 0 spiro atoms. The van der Waals surface area contributed by atoms with Crippen LogP contribution < -0.4 is 10.0 Å². The lowest BCUT2D eigenvalue weighted by molar-refractivity contribution is -0.113. The molecule has 5 nitrogen and oxygen atoms in total. The number of halogens is 2. The standard InChI is InChI=1S/C23H22Cl2N2O3S2/c1-15-3-10-22(16(2)11-15)27-32(29,30)19-7-5-18(6-8-19)26-23(28)14-31-13-17-4-9-20(24)21(25)12-17/h3-12,27H,13-14H2,1-2H3,(H,26,28). The lowest BCUT2D eigenvalue weighted by Crippen LogP contribution is -2.15. The molecule has 3 rings (SSSR count). The molecule has 0 saturated carbocycles. The highest BCUT2D eigenvalue weighted by molar-refractivity contribution is 7.99. The molecule has 0 fully saturated rings. The Morgan fingerprint density at radius 2 is 1.66 bits per heavy atom. The van der Waals surface area contributed by atoms with Gasteiger partial charge < -0.3 is 5.32 Å². The van der Waals surface area contributed by atoms with Crippen molar-refractivity contribution < 1.29 is 13.2 Å². The number of hydrogen-bond acceptors (Lipinski definition) is 4. The Hall–Kier alpha value is -2.19. The van der Waals surface area contributed by atoms with Crippen molar-refractivity contribution in [1.82, 2.24) is 0 Å². The van der Waals surface area contributed by atoms with Crippen LogP contribution in [-0.2, 0) is 20.6 Å². The zero-order chi connectivity index (χ0) is 23.3. The molecule has 2 N–H and O–H groups in total. The Morgan fingerprint density at radius 3 is 2.31 bits per heavy atom. The summed E-state index contributed by atoms with van der Waals surface area (Å²) in [5.41, 5.74) is 3.93. The fraction of sp³-hybridized carbons (Fsp3) is 0.174. The van der Waals surface area contributed by atoms with Crippen molar-refractivity contribution in [3.8, 4) is 0 Å². The minimum atomic E-state index is -3.73. The molecular formula is C23H22Cl2N2O3S2. The van der Waals surface area contributed by atoms with Gasteiger partial charge in [0.2, 0.25) is 5.91 Å². The summed E-state index contributed by atoms with van der Waals surface area (Å²) in [6.45, 7) is 3.80. The number of carbonyl (C=O) groups is 1. The van der Waals surface area contributed by atoms with Crippen LogP contribution in [0.4, 0.5) is 11.4 Å². The first-order chi connectivity index (χ1) is 15.1. The normalized spacial score (nSPS) is 11.2. The first-order valence-electron chi connectivity index (χ1n) is 9.66. The number of hydrogen-bond donors (Lipinski definition) is 2. The van der Waals surface area contributed by atoms with E-state index in [4.69, 9.17) is 23.2 Å². The van der Waals surface area contributed by atoms with Crippen molar-refractivity contribution in [2.75, 3.05) is 15.8 Å². The number of thioether (sulfide) groups is 1. The van der Waals surface area contributed by atoms with E-state index >= 15 is 0 Å². The smallest absolute Gasteiger partial charge is 0.261 e. The van der Waals surface area contributed by atoms with Crippen LogP contribution in [0.25, 0.3) is 0 Å². The number of carbonyl (C=O) groups excluding carboxylic acids is 1. The van der Waals surface area contributed by atoms with Gasteiger partial charge in [-0.3, -0.25) is 9.52 Å². The molecule has 0 aliphatic heterocycles. The van der Waals surface area contributed by atoms with E-state index in [1.54, 1.807) is 30.3 Å². The maximum Gasteiger partial charge on any atom is 0.261 e. The Bertz CT molecular complexity index is 1230. The summed E-state index contributed by atoms with van der Waals surface area (Å²) < 4.78 is 28.0. The number of amides is 1. The minimum absolute atomic E-state index is 0.115. The van der Waals surface area contributed by atoms with E-state index in [1.165, 1.54) is 23.9 Å². The van der Waals surface area contributed by atoms with Gasteiger partial charge in [-0.1, -0.05) is 47.0 Å². The largest absolute Gasteiger partial charge is 0.325 e. The number of rotatable bonds is 8. The predicted octanol–water partition coefficient (Wildman–Crippen LogP) is 6.28. The Labute approximate surface area is 202 Å². The predicted molar refractivity (Wildman–Crippen MR) is 134 cm³/mol. The van der Waals surface area contributed by atoms with E-state index in [0.717, 1.165) is 16.7 Å². The molecule has 0 heterocycles. The summed E-state index contributed by atoms with van der Waals surface area (Å²) in [7, 11) is -3.73. The van der Waals surface area contributed by atoms with E-state index in [9.17, 15) is 13.2 Å². The van der Waals surface area contributed by atoms with Crippen molar-refractivity contribution in [2.45, 2.75) is 24.5 Å². The van der Waals surface area contributed by atoms with Crippen LogP contribution in [0.15, 0.2) is 65.6 Å².